The number of piperazine rings is 1. The second kappa shape index (κ2) is 24.3. The molecule has 4 heterocycles. The molecule has 5 atom stereocenters. The van der Waals surface area contributed by atoms with E-state index in [9.17, 15) is 29.4 Å². The number of piperidine rings is 1. The molecule has 7 rings (SSSR count). The number of aryl methyl sites for hydroxylation is 1. The first-order valence-electron chi connectivity index (χ1n) is 25.0. The number of hydrogen-bond acceptors (Lipinski definition) is 14. The first-order valence-corrected chi connectivity index (χ1v) is 25.9. The molecule has 3 fully saturated rings. The van der Waals surface area contributed by atoms with Crippen LogP contribution < -0.4 is 26.0 Å². The van der Waals surface area contributed by atoms with Crippen molar-refractivity contribution in [1.82, 2.24) is 30.3 Å². The summed E-state index contributed by atoms with van der Waals surface area (Å²) < 4.78 is 12.4. The molecule has 3 aliphatic rings. The number of nitrogens with zero attached hydrogens (tertiary/aromatic N) is 5. The van der Waals surface area contributed by atoms with Crippen molar-refractivity contribution in [3.05, 3.63) is 107 Å². The van der Waals surface area contributed by atoms with Gasteiger partial charge in [0.15, 0.2) is 11.6 Å². The number of aliphatic hydroxyl groups is 1. The highest BCUT2D eigenvalue weighted by atomic mass is 32.1. The zero-order valence-electron chi connectivity index (χ0n) is 42.4. The number of aromatic nitrogens is 1. The number of amidine groups is 1. The van der Waals surface area contributed by atoms with Gasteiger partial charge in [-0.1, -0.05) is 63.2 Å². The molecule has 0 saturated carbocycles. The van der Waals surface area contributed by atoms with E-state index in [1.165, 1.54) is 17.0 Å². The second-order valence-corrected chi connectivity index (χ2v) is 21.0. The molecule has 19 heteroatoms. The summed E-state index contributed by atoms with van der Waals surface area (Å²) in [7, 11) is 0. The molecule has 4 amide bonds. The van der Waals surface area contributed by atoms with Crippen molar-refractivity contribution in [1.29, 1.82) is 10.8 Å². The third kappa shape index (κ3) is 14.2. The molecule has 3 aromatic carbocycles. The standard InChI is InChI=1S/C54H70N10O8S/c1-34(36-15-17-37(18-16-36)49-35(2)58-33-73-49)59-52(69)44-29-39(65)31-64(44)53(70)50(54(3,4)5)60-47(67)19-20-48(68)62-24-22-61(23-25-62)26-27-71-40-11-8-10-38(28-40)63-21-9-12-41(32-63)72-46(51(56)57)30-43(55)42-13-6-7-14-45(42)66/h6-8,10-11,13-18,28,30,33-34,39,41,44,50,55,65-66H,9,12,19-27,29,31-32H2,1-5H3,(H3,56,57)(H,59,69)(H,60,67)/b46-30+,55-43?/t34-,39+,41?,44-,50+/m0/s1. The van der Waals surface area contributed by atoms with E-state index >= 15 is 0 Å². The minimum atomic E-state index is -1.00. The van der Waals surface area contributed by atoms with Crippen molar-refractivity contribution in [3.63, 3.8) is 0 Å². The van der Waals surface area contributed by atoms with Gasteiger partial charge >= 0.3 is 0 Å². The molecule has 18 nitrogen and oxygen atoms in total. The summed E-state index contributed by atoms with van der Waals surface area (Å²) >= 11 is 1.57. The van der Waals surface area contributed by atoms with Crippen LogP contribution >= 0.6 is 11.3 Å². The van der Waals surface area contributed by atoms with Gasteiger partial charge in [-0.2, -0.15) is 0 Å². The van der Waals surface area contributed by atoms with Crippen molar-refractivity contribution >= 4 is 52.2 Å². The van der Waals surface area contributed by atoms with Gasteiger partial charge in [0.1, 0.15) is 36.3 Å². The second-order valence-electron chi connectivity index (χ2n) is 20.1. The summed E-state index contributed by atoms with van der Waals surface area (Å²) in [4.78, 5) is 67.7. The predicted molar refractivity (Wildman–Crippen MR) is 282 cm³/mol. The Bertz CT molecular complexity index is 2640. The maximum absolute atomic E-state index is 14.2. The molecular formula is C54H70N10O8S. The number of carbonyl (C=O) groups excluding carboxylic acids is 4. The van der Waals surface area contributed by atoms with E-state index in [0.29, 0.717) is 51.4 Å². The number of ether oxygens (including phenoxy) is 2. The van der Waals surface area contributed by atoms with Crippen LogP contribution in [0.3, 0.4) is 0 Å². The summed E-state index contributed by atoms with van der Waals surface area (Å²) in [6, 6.07) is 20.0. The van der Waals surface area contributed by atoms with Crippen LogP contribution in [0.25, 0.3) is 10.4 Å². The Morgan fingerprint density at radius 2 is 1.70 bits per heavy atom. The molecule has 73 heavy (non-hydrogen) atoms. The molecule has 0 radical (unpaired) electrons. The number of para-hydroxylation sites is 1. The van der Waals surface area contributed by atoms with Gasteiger partial charge in [0.05, 0.1) is 40.5 Å². The SMILES string of the molecule is Cc1ncsc1-c1ccc([C@H](C)NC(=O)[C@@H]2C[C@@H](O)CN2C(=O)[C@@H](NC(=O)CCC(=O)N2CCN(CCOc3cccc(N4CCCC(O/C(=C/C(=N)c5ccccc5O)C(=N)N)C4)c3)CC2)C(C)(C)C)cc1. The van der Waals surface area contributed by atoms with E-state index in [1.807, 2.05) is 88.7 Å². The molecule has 390 valence electrons. The Labute approximate surface area is 431 Å². The topological polar surface area (TPSA) is 251 Å². The van der Waals surface area contributed by atoms with Crippen LogP contribution in [0.4, 0.5) is 5.69 Å². The van der Waals surface area contributed by atoms with Crippen molar-refractivity contribution < 1.29 is 38.9 Å². The summed E-state index contributed by atoms with van der Waals surface area (Å²) in [5, 5.41) is 43.3. The molecule has 0 spiro atoms. The fraction of sp³-hybridized carbons (Fsp3) is 0.463. The highest BCUT2D eigenvalue weighted by Crippen LogP contribution is 2.31. The Morgan fingerprint density at radius 3 is 2.38 bits per heavy atom. The highest BCUT2D eigenvalue weighted by Gasteiger charge is 2.45. The van der Waals surface area contributed by atoms with Gasteiger partial charge in [-0.25, -0.2) is 4.98 Å². The summed E-state index contributed by atoms with van der Waals surface area (Å²) in [6.07, 6.45) is 1.74. The fourth-order valence-electron chi connectivity index (χ4n) is 9.44. The average molecular weight is 1020 g/mol. The molecular weight excluding hydrogens is 949 g/mol. The first-order chi connectivity index (χ1) is 34.8. The van der Waals surface area contributed by atoms with Crippen LogP contribution in [-0.4, -0.2) is 148 Å². The van der Waals surface area contributed by atoms with Gasteiger partial charge in [-0.15, -0.1) is 11.3 Å². The van der Waals surface area contributed by atoms with Crippen LogP contribution in [0, 0.1) is 23.2 Å². The minimum absolute atomic E-state index is 0.0106. The Hall–Kier alpha value is -6.83. The molecule has 1 aromatic heterocycles. The van der Waals surface area contributed by atoms with Crippen molar-refractivity contribution in [2.75, 3.05) is 63.9 Å². The predicted octanol–water partition coefficient (Wildman–Crippen LogP) is 5.37. The monoisotopic (exact) mass is 1020 g/mol. The number of allylic oxidation sites excluding steroid dienone is 1. The number of carbonyl (C=O) groups is 4. The van der Waals surface area contributed by atoms with E-state index in [1.54, 1.807) is 34.4 Å². The van der Waals surface area contributed by atoms with Gasteiger partial charge in [-0.05, 0) is 67.5 Å². The van der Waals surface area contributed by atoms with Gasteiger partial charge in [0.2, 0.25) is 23.6 Å². The number of β-amino-alcohol motifs (C(OH)–C–C–N with tert-alkyl or cyclic N) is 1. The Balaban J connectivity index is 0.831. The average Bonchev–Trinajstić information content (AvgIpc) is 3.99. The number of aliphatic hydroxyl groups excluding tert-OH is 1. The lowest BCUT2D eigenvalue weighted by Gasteiger charge is -2.36. The third-order valence-electron chi connectivity index (χ3n) is 13.6. The highest BCUT2D eigenvalue weighted by molar-refractivity contribution is 7.13. The van der Waals surface area contributed by atoms with Gasteiger partial charge in [0, 0.05) is 88.5 Å². The Kier molecular flexibility index (Phi) is 17.9. The third-order valence-corrected chi connectivity index (χ3v) is 14.6. The van der Waals surface area contributed by atoms with E-state index < -0.39 is 35.4 Å². The fourth-order valence-corrected chi connectivity index (χ4v) is 10.3. The number of hydrogen-bond donors (Lipinski definition) is 7. The van der Waals surface area contributed by atoms with Crippen LogP contribution in [0.2, 0.25) is 0 Å². The number of aromatic hydroxyl groups is 1. The number of nitrogens with one attached hydrogen (secondary N) is 4. The maximum Gasteiger partial charge on any atom is 0.246 e. The number of benzene rings is 3. The number of rotatable bonds is 19. The molecule has 8 N–H and O–H groups in total. The van der Waals surface area contributed by atoms with E-state index in [-0.39, 0.29) is 72.8 Å². The number of phenolic OH excluding ortho intramolecular Hbond substituents is 1. The molecule has 0 aliphatic carbocycles. The molecule has 4 aromatic rings. The quantitative estimate of drug-likeness (QED) is 0.0356. The summed E-state index contributed by atoms with van der Waals surface area (Å²) in [5.41, 5.74) is 11.1. The van der Waals surface area contributed by atoms with Gasteiger partial charge < -0.3 is 50.8 Å². The van der Waals surface area contributed by atoms with Crippen LogP contribution in [0.15, 0.2) is 90.1 Å². The van der Waals surface area contributed by atoms with Crippen molar-refractivity contribution in [3.8, 4) is 21.9 Å². The number of thiazole rings is 1. The van der Waals surface area contributed by atoms with Gasteiger partial charge in [0.25, 0.3) is 0 Å². The molecule has 0 bridgehead atoms. The summed E-state index contributed by atoms with van der Waals surface area (Å²) in [6.45, 7) is 14.0. The Morgan fingerprint density at radius 1 is 0.959 bits per heavy atom. The van der Waals surface area contributed by atoms with Crippen molar-refractivity contribution in [2.45, 2.75) is 97.1 Å². The van der Waals surface area contributed by atoms with Crippen LogP contribution in [0.1, 0.15) is 82.7 Å². The number of amides is 4. The van der Waals surface area contributed by atoms with Crippen LogP contribution in [-0.2, 0) is 23.9 Å². The smallest absolute Gasteiger partial charge is 0.246 e. The zero-order chi connectivity index (χ0) is 52.4. The zero-order valence-corrected chi connectivity index (χ0v) is 43.3. The lowest BCUT2D eigenvalue weighted by atomic mass is 9.85. The number of phenols is 1. The van der Waals surface area contributed by atoms with Crippen molar-refractivity contribution in [2.24, 2.45) is 11.1 Å². The number of likely N-dealkylation sites (tertiary alicyclic amines) is 1. The lowest BCUT2D eigenvalue weighted by Crippen LogP contribution is -2.58. The van der Waals surface area contributed by atoms with E-state index in [2.05, 4.69) is 25.4 Å². The van der Waals surface area contributed by atoms with E-state index in [4.69, 9.17) is 26.0 Å². The maximum atomic E-state index is 14.2. The lowest BCUT2D eigenvalue weighted by molar-refractivity contribution is -0.144. The molecule has 3 saturated heterocycles. The number of nitrogens with two attached hydrogens (primary N) is 1. The largest absolute Gasteiger partial charge is 0.507 e. The normalized spacial score (nSPS) is 19.5. The number of anilines is 1. The van der Waals surface area contributed by atoms with Crippen LogP contribution in [0.5, 0.6) is 11.5 Å². The van der Waals surface area contributed by atoms with Gasteiger partial charge in [-0.3, -0.25) is 34.9 Å². The molecule has 1 unspecified atom stereocenters. The van der Waals surface area contributed by atoms with E-state index in [0.717, 1.165) is 52.5 Å². The minimum Gasteiger partial charge on any atom is -0.507 e. The molecule has 3 aliphatic heterocycles. The summed E-state index contributed by atoms with van der Waals surface area (Å²) in [5.74, 6) is -0.976. The first kappa shape index (κ1) is 54.0.